The largest absolute Gasteiger partial charge is 0.497 e. The molecule has 0 saturated heterocycles. The Morgan fingerprint density at radius 2 is 1.77 bits per heavy atom. The molecule has 1 aromatic heterocycles. The molecule has 0 radical (unpaired) electrons. The standard InChI is InChI=1S/C23H19FN4O3/c1-31-18-7-3-6-16(12-18)25-23(30)26-17-8-9-19-20(13-17)22(29)28-27-21(19)11-14-4-2-5-15(24)10-14/h2-10,12-13H,11H2,1H3,(H,28,29)(H2,25,26,30). The fourth-order valence-electron chi connectivity index (χ4n) is 3.27. The molecule has 0 bridgehead atoms. The number of urea groups is 1. The zero-order valence-corrected chi connectivity index (χ0v) is 16.6. The van der Waals surface area contributed by atoms with E-state index in [1.807, 2.05) is 0 Å². The molecule has 7 nitrogen and oxygen atoms in total. The van der Waals surface area contributed by atoms with Crippen molar-refractivity contribution in [3.8, 4) is 5.75 Å². The average Bonchev–Trinajstić information content (AvgIpc) is 2.76. The second-order valence-electron chi connectivity index (χ2n) is 6.88. The van der Waals surface area contributed by atoms with Crippen molar-refractivity contribution in [3.63, 3.8) is 0 Å². The third-order valence-electron chi connectivity index (χ3n) is 4.71. The van der Waals surface area contributed by atoms with Crippen LogP contribution < -0.4 is 20.9 Å². The van der Waals surface area contributed by atoms with Crippen molar-refractivity contribution in [2.75, 3.05) is 17.7 Å². The molecule has 0 aliphatic heterocycles. The number of aromatic nitrogens is 2. The number of rotatable bonds is 5. The Morgan fingerprint density at radius 1 is 1.00 bits per heavy atom. The summed E-state index contributed by atoms with van der Waals surface area (Å²) in [4.78, 5) is 24.7. The summed E-state index contributed by atoms with van der Waals surface area (Å²) in [5.74, 6) is 0.285. The summed E-state index contributed by atoms with van der Waals surface area (Å²) in [7, 11) is 1.54. The van der Waals surface area contributed by atoms with Crippen LogP contribution in [0, 0.1) is 5.82 Å². The van der Waals surface area contributed by atoms with Crippen LogP contribution in [-0.2, 0) is 6.42 Å². The van der Waals surface area contributed by atoms with E-state index in [1.54, 1.807) is 61.7 Å². The van der Waals surface area contributed by atoms with Crippen LogP contribution in [0.5, 0.6) is 5.75 Å². The normalized spacial score (nSPS) is 10.6. The molecule has 4 aromatic rings. The zero-order chi connectivity index (χ0) is 21.8. The van der Waals surface area contributed by atoms with E-state index in [-0.39, 0.29) is 11.4 Å². The highest BCUT2D eigenvalue weighted by atomic mass is 19.1. The molecular formula is C23H19FN4O3. The van der Waals surface area contributed by atoms with Crippen molar-refractivity contribution in [3.05, 3.63) is 94.2 Å². The van der Waals surface area contributed by atoms with Crippen LogP contribution in [0.1, 0.15) is 11.3 Å². The van der Waals surface area contributed by atoms with E-state index in [4.69, 9.17) is 4.74 Å². The van der Waals surface area contributed by atoms with Crippen molar-refractivity contribution >= 4 is 28.2 Å². The highest BCUT2D eigenvalue weighted by Gasteiger charge is 2.11. The molecule has 0 aliphatic carbocycles. The van der Waals surface area contributed by atoms with E-state index in [0.717, 1.165) is 5.56 Å². The number of hydrogen-bond acceptors (Lipinski definition) is 4. The number of benzene rings is 3. The van der Waals surface area contributed by atoms with Gasteiger partial charge < -0.3 is 15.4 Å². The van der Waals surface area contributed by atoms with Crippen LogP contribution in [0.25, 0.3) is 10.8 Å². The molecule has 156 valence electrons. The number of aromatic amines is 1. The maximum atomic E-state index is 13.5. The molecule has 0 fully saturated rings. The number of nitrogens with zero attached hydrogens (tertiary/aromatic N) is 1. The number of carbonyl (C=O) groups is 1. The van der Waals surface area contributed by atoms with E-state index in [1.165, 1.54) is 12.1 Å². The third-order valence-corrected chi connectivity index (χ3v) is 4.71. The van der Waals surface area contributed by atoms with Gasteiger partial charge in [-0.2, -0.15) is 5.10 Å². The van der Waals surface area contributed by atoms with Gasteiger partial charge in [-0.15, -0.1) is 0 Å². The summed E-state index contributed by atoms with van der Waals surface area (Å²) < 4.78 is 18.6. The second-order valence-corrected chi connectivity index (χ2v) is 6.88. The Kier molecular flexibility index (Phi) is 5.61. The minimum atomic E-state index is -0.460. The summed E-state index contributed by atoms with van der Waals surface area (Å²) in [6.07, 6.45) is 0.355. The summed E-state index contributed by atoms with van der Waals surface area (Å²) in [5.41, 5.74) is 1.97. The van der Waals surface area contributed by atoms with Crippen LogP contribution in [-0.4, -0.2) is 23.3 Å². The first-order valence-corrected chi connectivity index (χ1v) is 9.49. The quantitative estimate of drug-likeness (QED) is 0.450. The fourth-order valence-corrected chi connectivity index (χ4v) is 3.27. The predicted octanol–water partition coefficient (Wildman–Crippen LogP) is 4.31. The number of H-pyrrole nitrogens is 1. The van der Waals surface area contributed by atoms with Crippen LogP contribution in [0.3, 0.4) is 0 Å². The maximum Gasteiger partial charge on any atom is 0.323 e. The van der Waals surface area contributed by atoms with Crippen LogP contribution in [0.4, 0.5) is 20.6 Å². The number of amides is 2. The van der Waals surface area contributed by atoms with Gasteiger partial charge in [-0.3, -0.25) is 4.79 Å². The van der Waals surface area contributed by atoms with Crippen LogP contribution in [0.15, 0.2) is 71.5 Å². The molecule has 0 spiro atoms. The molecule has 0 atom stereocenters. The van der Waals surface area contributed by atoms with Gasteiger partial charge in [-0.05, 0) is 42.0 Å². The lowest BCUT2D eigenvalue weighted by Gasteiger charge is -2.10. The summed E-state index contributed by atoms with van der Waals surface area (Å²) in [6.45, 7) is 0. The Balaban J connectivity index is 1.56. The molecule has 31 heavy (non-hydrogen) atoms. The first-order valence-electron chi connectivity index (χ1n) is 9.49. The minimum absolute atomic E-state index is 0.334. The summed E-state index contributed by atoms with van der Waals surface area (Å²) >= 11 is 0. The number of hydrogen-bond donors (Lipinski definition) is 3. The minimum Gasteiger partial charge on any atom is -0.497 e. The smallest absolute Gasteiger partial charge is 0.323 e. The number of halogens is 1. The molecule has 3 N–H and O–H groups in total. The highest BCUT2D eigenvalue weighted by Crippen LogP contribution is 2.21. The molecule has 0 saturated carbocycles. The number of nitrogens with one attached hydrogen (secondary N) is 3. The predicted molar refractivity (Wildman–Crippen MR) is 117 cm³/mol. The molecule has 3 aromatic carbocycles. The molecule has 0 unspecified atom stereocenters. The molecular weight excluding hydrogens is 399 g/mol. The molecule has 8 heteroatoms. The molecule has 2 amide bonds. The highest BCUT2D eigenvalue weighted by molar-refractivity contribution is 6.01. The van der Waals surface area contributed by atoms with Gasteiger partial charge in [-0.25, -0.2) is 14.3 Å². The lowest BCUT2D eigenvalue weighted by Crippen LogP contribution is -2.20. The van der Waals surface area contributed by atoms with Gasteiger partial charge in [0.15, 0.2) is 0 Å². The van der Waals surface area contributed by atoms with Gasteiger partial charge in [0, 0.05) is 29.2 Å². The number of anilines is 2. The first-order chi connectivity index (χ1) is 15.0. The van der Waals surface area contributed by atoms with E-state index in [0.29, 0.717) is 40.0 Å². The van der Waals surface area contributed by atoms with Gasteiger partial charge in [-0.1, -0.05) is 24.3 Å². The number of methoxy groups -OCH3 is 1. The lowest BCUT2D eigenvalue weighted by molar-refractivity contribution is 0.262. The van der Waals surface area contributed by atoms with E-state index in [9.17, 15) is 14.0 Å². The number of ether oxygens (including phenoxy) is 1. The van der Waals surface area contributed by atoms with Crippen LogP contribution in [0.2, 0.25) is 0 Å². The topological polar surface area (TPSA) is 96.1 Å². The van der Waals surface area contributed by atoms with Gasteiger partial charge in [0.05, 0.1) is 18.2 Å². The van der Waals surface area contributed by atoms with Gasteiger partial charge in [0.2, 0.25) is 0 Å². The Bertz CT molecular complexity index is 1320. The van der Waals surface area contributed by atoms with Crippen molar-refractivity contribution < 1.29 is 13.9 Å². The molecule has 4 rings (SSSR count). The number of carbonyl (C=O) groups excluding carboxylic acids is 1. The average molecular weight is 418 g/mol. The third kappa shape index (κ3) is 4.69. The maximum absolute atomic E-state index is 13.5. The summed E-state index contributed by atoms with van der Waals surface area (Å²) in [5, 5.41) is 13.0. The Labute approximate surface area is 176 Å². The van der Waals surface area contributed by atoms with Crippen molar-refractivity contribution in [1.29, 1.82) is 0 Å². The van der Waals surface area contributed by atoms with Crippen molar-refractivity contribution in [1.82, 2.24) is 10.2 Å². The van der Waals surface area contributed by atoms with Gasteiger partial charge in [0.1, 0.15) is 11.6 Å². The van der Waals surface area contributed by atoms with Crippen LogP contribution >= 0.6 is 0 Å². The van der Waals surface area contributed by atoms with Gasteiger partial charge >= 0.3 is 6.03 Å². The summed E-state index contributed by atoms with van der Waals surface area (Å²) in [6, 6.07) is 17.7. The van der Waals surface area contributed by atoms with E-state index >= 15 is 0 Å². The Hall–Kier alpha value is -4.20. The molecule has 1 heterocycles. The lowest BCUT2D eigenvalue weighted by atomic mass is 10.0. The van der Waals surface area contributed by atoms with E-state index < -0.39 is 6.03 Å². The van der Waals surface area contributed by atoms with E-state index in [2.05, 4.69) is 20.8 Å². The first kappa shape index (κ1) is 20.1. The Morgan fingerprint density at radius 3 is 2.55 bits per heavy atom. The van der Waals surface area contributed by atoms with Gasteiger partial charge in [0.25, 0.3) is 5.56 Å². The second kappa shape index (κ2) is 8.66. The SMILES string of the molecule is COc1cccc(NC(=O)Nc2ccc3c(Cc4cccc(F)c4)n[nH]c(=O)c3c2)c1. The molecule has 0 aliphatic rings. The number of fused-ring (bicyclic) bond motifs is 1. The van der Waals surface area contributed by atoms with Crippen molar-refractivity contribution in [2.45, 2.75) is 6.42 Å². The monoisotopic (exact) mass is 418 g/mol. The van der Waals surface area contributed by atoms with Crippen molar-refractivity contribution in [2.24, 2.45) is 0 Å². The fraction of sp³-hybridized carbons (Fsp3) is 0.0870. The zero-order valence-electron chi connectivity index (χ0n) is 16.6.